The van der Waals surface area contributed by atoms with E-state index in [4.69, 9.17) is 0 Å². The number of rotatable bonds is 4. The molecule has 0 N–H and O–H groups in total. The van der Waals surface area contributed by atoms with Gasteiger partial charge in [0, 0.05) is 42.1 Å². The fraction of sp³-hybridized carbons (Fsp3) is 0.174. The minimum absolute atomic E-state index is 0.0839. The highest BCUT2D eigenvalue weighted by molar-refractivity contribution is 7.38. The molecular formula is C46H41BN2S2. The van der Waals surface area contributed by atoms with Crippen molar-refractivity contribution in [3.8, 4) is 20.9 Å². The lowest BCUT2D eigenvalue weighted by Gasteiger charge is -2.41. The van der Waals surface area contributed by atoms with Crippen LogP contribution in [0.25, 0.3) is 20.9 Å². The fourth-order valence-corrected chi connectivity index (χ4v) is 10.3. The lowest BCUT2D eigenvalue weighted by atomic mass is 9.39. The summed E-state index contributed by atoms with van der Waals surface area (Å²) in [6.07, 6.45) is 0. The average Bonchev–Trinajstić information content (AvgIpc) is 3.78. The molecule has 4 heterocycles. The first-order valence-electron chi connectivity index (χ1n) is 17.9. The van der Waals surface area contributed by atoms with Gasteiger partial charge in [-0.15, -0.1) is 22.7 Å². The first-order chi connectivity index (χ1) is 24.6. The van der Waals surface area contributed by atoms with Crippen molar-refractivity contribution in [2.24, 2.45) is 0 Å². The van der Waals surface area contributed by atoms with Crippen molar-refractivity contribution in [1.29, 1.82) is 0 Å². The summed E-state index contributed by atoms with van der Waals surface area (Å²) in [6, 6.07) is 52.1. The van der Waals surface area contributed by atoms with Crippen LogP contribution in [0.2, 0.25) is 0 Å². The van der Waals surface area contributed by atoms with E-state index < -0.39 is 0 Å². The van der Waals surface area contributed by atoms with E-state index in [1.165, 1.54) is 81.1 Å². The number of thiophene rings is 2. The van der Waals surface area contributed by atoms with Crippen molar-refractivity contribution in [3.05, 3.63) is 151 Å². The summed E-state index contributed by atoms with van der Waals surface area (Å²) < 4.78 is 2.80. The summed E-state index contributed by atoms with van der Waals surface area (Å²) >= 11 is 3.90. The molecule has 5 aromatic carbocycles. The van der Waals surface area contributed by atoms with Gasteiger partial charge in [0.15, 0.2) is 0 Å². The molecule has 2 aromatic heterocycles. The second kappa shape index (κ2) is 11.9. The SMILES string of the molecule is CC(C)(C)c1ccc(N2c3cc(-c4ccccc4)sc3B3c4sc(-c5ccccc5)cc4N(c4ccc(C(C)(C)C)cc4)c4cccc2c43)cc1. The lowest BCUT2D eigenvalue weighted by Crippen LogP contribution is -2.59. The second-order valence-electron chi connectivity index (χ2n) is 15.9. The molecule has 0 bridgehead atoms. The van der Waals surface area contributed by atoms with E-state index in [-0.39, 0.29) is 17.5 Å². The van der Waals surface area contributed by atoms with E-state index in [1.54, 1.807) is 0 Å². The topological polar surface area (TPSA) is 6.48 Å². The molecule has 0 radical (unpaired) electrons. The molecule has 5 heteroatoms. The number of nitrogens with zero attached hydrogens (tertiary/aromatic N) is 2. The van der Waals surface area contributed by atoms with Crippen LogP contribution in [0.5, 0.6) is 0 Å². The maximum Gasteiger partial charge on any atom is 0.277 e. The first-order valence-corrected chi connectivity index (χ1v) is 19.5. The van der Waals surface area contributed by atoms with Crippen molar-refractivity contribution in [2.45, 2.75) is 52.4 Å². The largest absolute Gasteiger partial charge is 0.311 e. The van der Waals surface area contributed by atoms with Gasteiger partial charge in [-0.05, 0) is 87.1 Å². The zero-order valence-corrected chi connectivity index (χ0v) is 31.7. The molecule has 7 aromatic rings. The number of benzene rings is 5. The number of hydrogen-bond acceptors (Lipinski definition) is 4. The van der Waals surface area contributed by atoms with E-state index >= 15 is 0 Å². The van der Waals surface area contributed by atoms with Gasteiger partial charge in [-0.25, -0.2) is 0 Å². The van der Waals surface area contributed by atoms with Crippen LogP contribution >= 0.6 is 22.7 Å². The maximum atomic E-state index is 2.53. The quantitative estimate of drug-likeness (QED) is 0.169. The van der Waals surface area contributed by atoms with Gasteiger partial charge in [0.1, 0.15) is 0 Å². The van der Waals surface area contributed by atoms with Crippen LogP contribution in [-0.2, 0) is 10.8 Å². The third-order valence-electron chi connectivity index (χ3n) is 10.4. The fourth-order valence-electron chi connectivity index (χ4n) is 7.69. The molecule has 250 valence electrons. The Bertz CT molecular complexity index is 2210. The molecule has 51 heavy (non-hydrogen) atoms. The van der Waals surface area contributed by atoms with Gasteiger partial charge >= 0.3 is 0 Å². The van der Waals surface area contributed by atoms with Crippen LogP contribution in [-0.4, -0.2) is 6.71 Å². The zero-order chi connectivity index (χ0) is 35.1. The van der Waals surface area contributed by atoms with Crippen LogP contribution in [0.3, 0.4) is 0 Å². The van der Waals surface area contributed by atoms with Gasteiger partial charge in [-0.1, -0.05) is 133 Å². The van der Waals surface area contributed by atoms with E-state index in [9.17, 15) is 0 Å². The van der Waals surface area contributed by atoms with Crippen molar-refractivity contribution < 1.29 is 0 Å². The highest BCUT2D eigenvalue weighted by atomic mass is 32.1. The second-order valence-corrected chi connectivity index (χ2v) is 18.0. The van der Waals surface area contributed by atoms with Crippen LogP contribution < -0.4 is 24.8 Å². The van der Waals surface area contributed by atoms with Crippen LogP contribution in [0.1, 0.15) is 52.7 Å². The summed E-state index contributed by atoms with van der Waals surface area (Å²) in [5, 5.41) is 0. The van der Waals surface area contributed by atoms with Crippen LogP contribution in [0.15, 0.2) is 140 Å². The maximum absolute atomic E-state index is 2.53. The molecule has 0 saturated heterocycles. The average molecular weight is 697 g/mol. The lowest BCUT2D eigenvalue weighted by molar-refractivity contribution is 0.590. The first kappa shape index (κ1) is 32.1. The highest BCUT2D eigenvalue weighted by Gasteiger charge is 2.46. The molecule has 0 saturated carbocycles. The third kappa shape index (κ3) is 5.37. The molecule has 2 nitrogen and oxygen atoms in total. The Morgan fingerprint density at radius 3 is 1.20 bits per heavy atom. The van der Waals surface area contributed by atoms with Crippen molar-refractivity contribution in [3.63, 3.8) is 0 Å². The molecular weight excluding hydrogens is 655 g/mol. The minimum atomic E-state index is 0.0839. The van der Waals surface area contributed by atoms with Gasteiger partial charge in [0.05, 0.1) is 11.4 Å². The molecule has 0 fully saturated rings. The molecule has 0 amide bonds. The van der Waals surface area contributed by atoms with E-state index in [2.05, 4.69) is 191 Å². The molecule has 2 aliphatic rings. The Balaban J connectivity index is 1.31. The number of hydrogen-bond donors (Lipinski definition) is 0. The number of anilines is 6. The Hall–Kier alpha value is -4.84. The molecule has 0 aliphatic carbocycles. The molecule has 9 rings (SSSR count). The van der Waals surface area contributed by atoms with Gasteiger partial charge in [0.25, 0.3) is 6.71 Å². The summed E-state index contributed by atoms with van der Waals surface area (Å²) in [4.78, 5) is 7.65. The normalized spacial score (nSPS) is 13.6. The van der Waals surface area contributed by atoms with Crippen LogP contribution in [0, 0.1) is 0 Å². The van der Waals surface area contributed by atoms with Crippen molar-refractivity contribution in [1.82, 2.24) is 0 Å². The van der Waals surface area contributed by atoms with E-state index in [1.807, 2.05) is 22.7 Å². The predicted molar refractivity (Wildman–Crippen MR) is 224 cm³/mol. The summed E-state index contributed by atoms with van der Waals surface area (Å²) in [7, 11) is 0. The zero-order valence-electron chi connectivity index (χ0n) is 30.1. The monoisotopic (exact) mass is 696 g/mol. The Kier molecular flexibility index (Phi) is 7.47. The summed E-state index contributed by atoms with van der Waals surface area (Å²) in [5.74, 6) is 0. The van der Waals surface area contributed by atoms with Gasteiger partial charge in [0.2, 0.25) is 0 Å². The Labute approximate surface area is 310 Å². The predicted octanol–water partition coefficient (Wildman–Crippen LogP) is 11.8. The smallest absolute Gasteiger partial charge is 0.277 e. The van der Waals surface area contributed by atoms with E-state index in [0.29, 0.717) is 0 Å². The minimum Gasteiger partial charge on any atom is -0.311 e. The molecule has 2 aliphatic heterocycles. The summed E-state index contributed by atoms with van der Waals surface area (Å²) in [6.45, 7) is 13.8. The molecule has 0 unspecified atom stereocenters. The Morgan fingerprint density at radius 1 is 0.431 bits per heavy atom. The van der Waals surface area contributed by atoms with Gasteiger partial charge in [-0.3, -0.25) is 0 Å². The number of fused-ring (bicyclic) bond motifs is 4. The summed E-state index contributed by atoms with van der Waals surface area (Å²) in [5.41, 5.74) is 14.2. The van der Waals surface area contributed by atoms with Gasteiger partial charge < -0.3 is 9.80 Å². The van der Waals surface area contributed by atoms with Gasteiger partial charge in [-0.2, -0.15) is 0 Å². The highest BCUT2D eigenvalue weighted by Crippen LogP contribution is 2.48. The Morgan fingerprint density at radius 2 is 0.824 bits per heavy atom. The van der Waals surface area contributed by atoms with Crippen molar-refractivity contribution in [2.75, 3.05) is 9.80 Å². The van der Waals surface area contributed by atoms with Crippen molar-refractivity contribution >= 4 is 78.5 Å². The van der Waals surface area contributed by atoms with Crippen LogP contribution in [0.4, 0.5) is 34.1 Å². The van der Waals surface area contributed by atoms with E-state index in [0.717, 1.165) is 0 Å². The molecule has 0 atom stereocenters. The molecule has 0 spiro atoms. The standard InChI is InChI=1S/C46H41BN2S2/c1-45(2,3)32-20-24-34(25-21-32)48-36-18-13-19-37-42(36)47(43-38(48)28-40(50-43)30-14-9-7-10-15-30)44-39(29-41(51-44)31-16-11-8-12-17-31)49(37)35-26-22-33(23-27-35)46(4,5)6/h7-29H,1-6H3. The third-order valence-corrected chi connectivity index (χ3v) is 12.9.